The first kappa shape index (κ1) is 13.2. The molecule has 12 heavy (non-hydrogen) atoms. The van der Waals surface area contributed by atoms with Crippen molar-refractivity contribution >= 4 is 0 Å². The van der Waals surface area contributed by atoms with Crippen molar-refractivity contribution in [3.8, 4) is 12.4 Å². The minimum Gasteiger partial charge on any atom is -0.337 e. The third kappa shape index (κ3) is 15.8. The maximum Gasteiger partial charge on any atom is 0.173 e. The van der Waals surface area contributed by atoms with Crippen LogP contribution in [0.3, 0.4) is 0 Å². The van der Waals surface area contributed by atoms with Gasteiger partial charge in [0.2, 0.25) is 0 Å². The highest BCUT2D eigenvalue weighted by Crippen LogP contribution is 2.01. The Labute approximate surface area is 73.2 Å². The first-order valence-electron chi connectivity index (χ1n) is 3.60. The Bertz CT molecular complexity index is 136. The second kappa shape index (κ2) is 12.2. The smallest absolute Gasteiger partial charge is 0.173 e. The van der Waals surface area contributed by atoms with Crippen LogP contribution in [0.1, 0.15) is 12.8 Å². The van der Waals surface area contributed by atoms with Crippen LogP contribution in [0.25, 0.3) is 0 Å². The summed E-state index contributed by atoms with van der Waals surface area (Å²) in [6.07, 6.45) is 5.33. The maximum absolute atomic E-state index is 7.10. The Balaban J connectivity index is 0. The van der Waals surface area contributed by atoms with Gasteiger partial charge in [0.1, 0.15) is 0 Å². The lowest BCUT2D eigenvalue weighted by molar-refractivity contribution is 0.418. The van der Waals surface area contributed by atoms with Gasteiger partial charge in [0.05, 0.1) is 0 Å². The molecule has 5 heteroatoms. The standard InChI is InChI=1S/C5H11N.2CH2N2/c1-6-4-2-3-5-6;2*2-1-3/h2-5H2,1H3;2*2H2. The van der Waals surface area contributed by atoms with Crippen molar-refractivity contribution in [3.05, 3.63) is 0 Å². The van der Waals surface area contributed by atoms with Crippen molar-refractivity contribution in [1.82, 2.24) is 4.90 Å². The van der Waals surface area contributed by atoms with Gasteiger partial charge >= 0.3 is 0 Å². The molecule has 4 N–H and O–H groups in total. The molecule has 0 aromatic carbocycles. The molecule has 0 saturated carbocycles. The monoisotopic (exact) mass is 169 g/mol. The molecule has 0 aromatic heterocycles. The lowest BCUT2D eigenvalue weighted by Gasteiger charge is -2.01. The van der Waals surface area contributed by atoms with E-state index >= 15 is 0 Å². The summed E-state index contributed by atoms with van der Waals surface area (Å²) in [4.78, 5) is 2.36. The fourth-order valence-corrected chi connectivity index (χ4v) is 0.875. The summed E-state index contributed by atoms with van der Waals surface area (Å²) in [6, 6.07) is 0. The van der Waals surface area contributed by atoms with Crippen molar-refractivity contribution in [2.75, 3.05) is 20.1 Å². The molecule has 1 rings (SSSR count). The van der Waals surface area contributed by atoms with E-state index in [9.17, 15) is 0 Å². The summed E-state index contributed by atoms with van der Waals surface area (Å²) in [7, 11) is 2.17. The first-order valence-corrected chi connectivity index (χ1v) is 3.60. The van der Waals surface area contributed by atoms with Gasteiger partial charge in [0, 0.05) is 0 Å². The van der Waals surface area contributed by atoms with Gasteiger partial charge in [-0.1, -0.05) is 0 Å². The van der Waals surface area contributed by atoms with E-state index in [2.05, 4.69) is 23.4 Å². The van der Waals surface area contributed by atoms with Crippen LogP contribution >= 0.6 is 0 Å². The summed E-state index contributed by atoms with van der Waals surface area (Å²) in [6.45, 7) is 2.64. The molecule has 0 aliphatic carbocycles. The fraction of sp³-hybridized carbons (Fsp3) is 0.714. The van der Waals surface area contributed by atoms with Gasteiger partial charge in [-0.15, -0.1) is 0 Å². The number of likely N-dealkylation sites (tertiary alicyclic amines) is 1. The molecule has 0 bridgehead atoms. The van der Waals surface area contributed by atoms with E-state index in [-0.39, 0.29) is 0 Å². The Morgan fingerprint density at radius 1 is 1.08 bits per heavy atom. The summed E-state index contributed by atoms with van der Waals surface area (Å²) >= 11 is 0. The molecule has 0 atom stereocenters. The van der Waals surface area contributed by atoms with Gasteiger partial charge in [-0.25, -0.2) is 0 Å². The zero-order valence-corrected chi connectivity index (χ0v) is 7.32. The van der Waals surface area contributed by atoms with Crippen LogP contribution < -0.4 is 11.5 Å². The molecule has 1 aliphatic heterocycles. The zero-order chi connectivity index (χ0) is 9.82. The minimum absolute atomic E-state index is 1.25. The summed E-state index contributed by atoms with van der Waals surface area (Å²) in [5.74, 6) is 0. The summed E-state index contributed by atoms with van der Waals surface area (Å²) in [5, 5.41) is 14.2. The Morgan fingerprint density at radius 3 is 1.42 bits per heavy atom. The van der Waals surface area contributed by atoms with Crippen molar-refractivity contribution in [3.63, 3.8) is 0 Å². The van der Waals surface area contributed by atoms with E-state index in [1.165, 1.54) is 38.3 Å². The molecule has 1 heterocycles. The fourth-order valence-electron chi connectivity index (χ4n) is 0.875. The molecule has 1 saturated heterocycles. The van der Waals surface area contributed by atoms with Gasteiger partial charge in [-0.05, 0) is 33.0 Å². The number of hydrogen-bond acceptors (Lipinski definition) is 5. The van der Waals surface area contributed by atoms with E-state index < -0.39 is 0 Å². The zero-order valence-electron chi connectivity index (χ0n) is 7.32. The summed E-state index contributed by atoms with van der Waals surface area (Å²) in [5.41, 5.74) is 8.31. The van der Waals surface area contributed by atoms with Crippen molar-refractivity contribution in [2.24, 2.45) is 11.5 Å². The van der Waals surface area contributed by atoms with Crippen LogP contribution in [0, 0.1) is 22.9 Å². The molecule has 5 nitrogen and oxygen atoms in total. The van der Waals surface area contributed by atoms with E-state index in [1.54, 1.807) is 0 Å². The highest BCUT2D eigenvalue weighted by atomic mass is 15.1. The average Bonchev–Trinajstić information content (AvgIpc) is 2.43. The molecule has 1 fully saturated rings. The highest BCUT2D eigenvalue weighted by Gasteiger charge is 2.03. The number of hydrogen-bond donors (Lipinski definition) is 2. The SMILES string of the molecule is CN1CCCC1.N#CN.N#CN. The topological polar surface area (TPSA) is 103 Å². The second-order valence-corrected chi connectivity index (χ2v) is 2.27. The third-order valence-electron chi connectivity index (χ3n) is 1.33. The number of nitrogens with two attached hydrogens (primary N) is 2. The van der Waals surface area contributed by atoms with Crippen molar-refractivity contribution in [2.45, 2.75) is 12.8 Å². The van der Waals surface area contributed by atoms with Crippen LogP contribution in [0.15, 0.2) is 0 Å². The molecule has 0 spiro atoms. The van der Waals surface area contributed by atoms with Crippen LogP contribution in [-0.2, 0) is 0 Å². The Morgan fingerprint density at radius 2 is 1.33 bits per heavy atom. The third-order valence-corrected chi connectivity index (χ3v) is 1.33. The van der Waals surface area contributed by atoms with Gasteiger partial charge in [-0.3, -0.25) is 0 Å². The van der Waals surface area contributed by atoms with Crippen LogP contribution in [0.2, 0.25) is 0 Å². The second-order valence-electron chi connectivity index (χ2n) is 2.27. The maximum atomic E-state index is 7.10. The highest BCUT2D eigenvalue weighted by molar-refractivity contribution is 4.59. The lowest BCUT2D eigenvalue weighted by Crippen LogP contribution is -2.10. The predicted octanol–water partition coefficient (Wildman–Crippen LogP) is -0.436. The van der Waals surface area contributed by atoms with E-state index in [0.717, 1.165) is 0 Å². The van der Waals surface area contributed by atoms with Crippen LogP contribution in [0.4, 0.5) is 0 Å². The molecular formula is C7H15N5. The van der Waals surface area contributed by atoms with E-state index in [4.69, 9.17) is 10.5 Å². The molecule has 0 aromatic rings. The number of nitrogens with zero attached hydrogens (tertiary/aromatic N) is 3. The number of rotatable bonds is 0. The van der Waals surface area contributed by atoms with Gasteiger partial charge in [-0.2, -0.15) is 10.5 Å². The summed E-state index contributed by atoms with van der Waals surface area (Å²) < 4.78 is 0. The molecule has 1 aliphatic rings. The van der Waals surface area contributed by atoms with E-state index in [1.807, 2.05) is 0 Å². The van der Waals surface area contributed by atoms with Gasteiger partial charge < -0.3 is 16.4 Å². The van der Waals surface area contributed by atoms with E-state index in [0.29, 0.717) is 0 Å². The van der Waals surface area contributed by atoms with Gasteiger partial charge in [0.15, 0.2) is 12.4 Å². The Kier molecular flexibility index (Phi) is 13.4. The van der Waals surface area contributed by atoms with Gasteiger partial charge in [0.25, 0.3) is 0 Å². The quantitative estimate of drug-likeness (QED) is 0.378. The largest absolute Gasteiger partial charge is 0.337 e. The van der Waals surface area contributed by atoms with Crippen LogP contribution in [0.5, 0.6) is 0 Å². The minimum atomic E-state index is 1.25. The molecular weight excluding hydrogens is 154 g/mol. The first-order chi connectivity index (χ1) is 5.72. The normalized spacial score (nSPS) is 13.9. The average molecular weight is 169 g/mol. The molecule has 0 unspecified atom stereocenters. The molecule has 0 radical (unpaired) electrons. The van der Waals surface area contributed by atoms with Crippen molar-refractivity contribution in [1.29, 1.82) is 10.5 Å². The van der Waals surface area contributed by atoms with Crippen molar-refractivity contribution < 1.29 is 0 Å². The lowest BCUT2D eigenvalue weighted by atomic mass is 10.4. The number of nitriles is 2. The predicted molar refractivity (Wildman–Crippen MR) is 46.3 cm³/mol. The Hall–Kier alpha value is -1.46. The molecule has 68 valence electrons. The van der Waals surface area contributed by atoms with Crippen LogP contribution in [-0.4, -0.2) is 25.0 Å². The molecule has 0 amide bonds.